The summed E-state index contributed by atoms with van der Waals surface area (Å²) in [6.07, 6.45) is 1.40. The van der Waals surface area contributed by atoms with Gasteiger partial charge in [0.2, 0.25) is 0 Å². The number of sulfone groups is 1. The fourth-order valence-corrected chi connectivity index (χ4v) is 6.06. The van der Waals surface area contributed by atoms with Crippen LogP contribution in [0.25, 0.3) is 11.0 Å². The number of amides is 1. The zero-order valence-corrected chi connectivity index (χ0v) is 19.2. The van der Waals surface area contributed by atoms with E-state index in [2.05, 4.69) is 29.2 Å². The van der Waals surface area contributed by atoms with Crippen LogP contribution in [-0.2, 0) is 9.84 Å². The van der Waals surface area contributed by atoms with Crippen LogP contribution in [0.3, 0.4) is 0 Å². The number of fused-ring (bicyclic) bond motifs is 1. The Bertz CT molecular complexity index is 1190. The number of imidazole rings is 1. The molecule has 3 unspecified atom stereocenters. The number of carbonyl (C=O) groups is 1. The van der Waals surface area contributed by atoms with E-state index in [1.165, 1.54) is 0 Å². The molecule has 1 saturated heterocycles. The Morgan fingerprint density at radius 3 is 2.71 bits per heavy atom. The topological polar surface area (TPSA) is 110 Å². The van der Waals surface area contributed by atoms with Gasteiger partial charge >= 0.3 is 0 Å². The Kier molecular flexibility index (Phi) is 5.63. The minimum absolute atomic E-state index is 0.0739. The Morgan fingerprint density at radius 1 is 1.32 bits per heavy atom. The predicted molar refractivity (Wildman–Crippen MR) is 120 cm³/mol. The molecule has 0 saturated carbocycles. The first-order chi connectivity index (χ1) is 14.7. The van der Waals surface area contributed by atoms with Gasteiger partial charge in [-0.2, -0.15) is 5.10 Å². The second-order valence-electron chi connectivity index (χ2n) is 8.52. The molecule has 4 rings (SSSR count). The summed E-state index contributed by atoms with van der Waals surface area (Å²) in [6, 6.07) is 7.30. The van der Waals surface area contributed by atoms with Crippen LogP contribution in [0.1, 0.15) is 66.3 Å². The normalized spacial score (nSPS) is 20.1. The molecule has 8 nitrogen and oxygen atoms in total. The first-order valence-electron chi connectivity index (χ1n) is 10.7. The van der Waals surface area contributed by atoms with Gasteiger partial charge in [-0.1, -0.05) is 32.4 Å². The van der Waals surface area contributed by atoms with E-state index in [1.807, 2.05) is 31.2 Å². The highest BCUT2D eigenvalue weighted by atomic mass is 32.2. The van der Waals surface area contributed by atoms with Crippen LogP contribution < -0.4 is 5.32 Å². The van der Waals surface area contributed by atoms with Crippen molar-refractivity contribution in [3.8, 4) is 0 Å². The maximum atomic E-state index is 13.3. The Morgan fingerprint density at radius 2 is 2.06 bits per heavy atom. The molecule has 1 aromatic carbocycles. The van der Waals surface area contributed by atoms with Gasteiger partial charge in [0, 0.05) is 5.69 Å². The fourth-order valence-electron chi connectivity index (χ4n) is 4.36. The monoisotopic (exact) mass is 443 g/mol. The summed E-state index contributed by atoms with van der Waals surface area (Å²) in [5, 5.41) is 7.69. The molecule has 1 amide bonds. The van der Waals surface area contributed by atoms with Crippen molar-refractivity contribution in [1.29, 1.82) is 0 Å². The van der Waals surface area contributed by atoms with Gasteiger partial charge in [-0.15, -0.1) is 0 Å². The Balaban J connectivity index is 1.63. The average Bonchev–Trinajstić information content (AvgIpc) is 3.39. The van der Waals surface area contributed by atoms with E-state index in [4.69, 9.17) is 4.98 Å². The number of hydrogen-bond acceptors (Lipinski definition) is 5. The highest BCUT2D eigenvalue weighted by Gasteiger charge is 2.33. The molecule has 2 N–H and O–H groups in total. The van der Waals surface area contributed by atoms with E-state index in [1.54, 1.807) is 11.6 Å². The first kappa shape index (κ1) is 21.5. The van der Waals surface area contributed by atoms with Crippen LogP contribution in [0.4, 0.5) is 0 Å². The Hall–Kier alpha value is -2.68. The lowest BCUT2D eigenvalue weighted by molar-refractivity contribution is 0.0919. The predicted octanol–water partition coefficient (Wildman–Crippen LogP) is 3.25. The van der Waals surface area contributed by atoms with Gasteiger partial charge in [-0.3, -0.25) is 9.48 Å². The molecule has 0 aliphatic carbocycles. The SMILES string of the molecule is CCC(C)C(NC(=O)c1c(C)nn(C2CCS(=O)(=O)C2)c1C)c1nc2ccccc2[nH]1. The van der Waals surface area contributed by atoms with Crippen LogP contribution in [0.5, 0.6) is 0 Å². The molecule has 0 bridgehead atoms. The van der Waals surface area contributed by atoms with Gasteiger partial charge < -0.3 is 10.3 Å². The standard InChI is InChI=1S/C22H29N5O3S/c1-5-13(2)20(21-23-17-8-6-7-9-18(17)24-21)25-22(28)19-14(3)26-27(15(19)4)16-10-11-31(29,30)12-16/h6-9,13,16,20H,5,10-12H2,1-4H3,(H,23,24)(H,25,28). The number of aromatic amines is 1. The third kappa shape index (κ3) is 4.11. The Labute approximate surface area is 182 Å². The second kappa shape index (κ2) is 8.11. The summed E-state index contributed by atoms with van der Waals surface area (Å²) in [5.74, 6) is 0.922. The van der Waals surface area contributed by atoms with Crippen molar-refractivity contribution in [2.45, 2.75) is 52.6 Å². The number of nitrogens with zero attached hydrogens (tertiary/aromatic N) is 3. The molecule has 0 spiro atoms. The van der Waals surface area contributed by atoms with Crippen LogP contribution in [0, 0.1) is 19.8 Å². The highest BCUT2D eigenvalue weighted by Crippen LogP contribution is 2.29. The molecule has 1 fully saturated rings. The van der Waals surface area contributed by atoms with Crippen molar-refractivity contribution in [1.82, 2.24) is 25.1 Å². The van der Waals surface area contributed by atoms with E-state index in [9.17, 15) is 13.2 Å². The summed E-state index contributed by atoms with van der Waals surface area (Å²) in [6.45, 7) is 7.80. The van der Waals surface area contributed by atoms with Gasteiger partial charge in [-0.25, -0.2) is 13.4 Å². The van der Waals surface area contributed by atoms with Crippen molar-refractivity contribution < 1.29 is 13.2 Å². The van der Waals surface area contributed by atoms with E-state index in [0.717, 1.165) is 23.3 Å². The molecule has 31 heavy (non-hydrogen) atoms. The number of benzene rings is 1. The molecule has 3 atom stereocenters. The number of hydrogen-bond donors (Lipinski definition) is 2. The quantitative estimate of drug-likeness (QED) is 0.608. The molecule has 9 heteroatoms. The third-order valence-electron chi connectivity index (χ3n) is 6.31. The summed E-state index contributed by atoms with van der Waals surface area (Å²) in [5.41, 5.74) is 3.61. The van der Waals surface area contributed by atoms with Gasteiger partial charge in [0.25, 0.3) is 5.91 Å². The van der Waals surface area contributed by atoms with E-state index < -0.39 is 9.84 Å². The molecule has 166 valence electrons. The molecule has 1 aliphatic heterocycles. The molecule has 3 aromatic rings. The van der Waals surface area contributed by atoms with Gasteiger partial charge in [0.1, 0.15) is 5.82 Å². The van der Waals surface area contributed by atoms with Crippen LogP contribution in [-0.4, -0.2) is 45.6 Å². The lowest BCUT2D eigenvalue weighted by atomic mass is 9.98. The number of aryl methyl sites for hydroxylation is 1. The summed E-state index contributed by atoms with van der Waals surface area (Å²) < 4.78 is 25.5. The maximum Gasteiger partial charge on any atom is 0.255 e. The van der Waals surface area contributed by atoms with Crippen LogP contribution in [0.2, 0.25) is 0 Å². The maximum absolute atomic E-state index is 13.3. The summed E-state index contributed by atoms with van der Waals surface area (Å²) >= 11 is 0. The zero-order chi connectivity index (χ0) is 22.3. The van der Waals surface area contributed by atoms with Crippen LogP contribution in [0.15, 0.2) is 24.3 Å². The van der Waals surface area contributed by atoms with Crippen molar-refractivity contribution in [2.24, 2.45) is 5.92 Å². The highest BCUT2D eigenvalue weighted by molar-refractivity contribution is 7.91. The van der Waals surface area contributed by atoms with Crippen molar-refractivity contribution >= 4 is 26.8 Å². The molecule has 0 radical (unpaired) electrons. The van der Waals surface area contributed by atoms with Crippen molar-refractivity contribution in [3.05, 3.63) is 47.0 Å². The lowest BCUT2D eigenvalue weighted by Crippen LogP contribution is -2.34. The van der Waals surface area contributed by atoms with Crippen molar-refractivity contribution in [3.63, 3.8) is 0 Å². The average molecular weight is 444 g/mol. The number of aromatic nitrogens is 4. The smallest absolute Gasteiger partial charge is 0.255 e. The molecule has 3 heterocycles. The number of nitrogens with one attached hydrogen (secondary N) is 2. The number of para-hydroxylation sites is 2. The van der Waals surface area contributed by atoms with Gasteiger partial charge in [-0.05, 0) is 38.3 Å². The first-order valence-corrected chi connectivity index (χ1v) is 12.5. The van der Waals surface area contributed by atoms with Gasteiger partial charge in [0.15, 0.2) is 9.84 Å². The van der Waals surface area contributed by atoms with Gasteiger partial charge in [0.05, 0.1) is 45.9 Å². The van der Waals surface area contributed by atoms with E-state index >= 15 is 0 Å². The van der Waals surface area contributed by atoms with E-state index in [-0.39, 0.29) is 35.4 Å². The number of carbonyl (C=O) groups excluding carboxylic acids is 1. The summed E-state index contributed by atoms with van der Waals surface area (Å²) in [4.78, 5) is 21.4. The lowest BCUT2D eigenvalue weighted by Gasteiger charge is -2.22. The summed E-state index contributed by atoms with van der Waals surface area (Å²) in [7, 11) is -3.04. The molecule has 1 aliphatic rings. The fraction of sp³-hybridized carbons (Fsp3) is 0.500. The molecular formula is C22H29N5O3S. The van der Waals surface area contributed by atoms with E-state index in [0.29, 0.717) is 23.4 Å². The minimum atomic E-state index is -3.04. The molecule has 2 aromatic heterocycles. The van der Waals surface area contributed by atoms with Crippen molar-refractivity contribution in [2.75, 3.05) is 11.5 Å². The molecular weight excluding hydrogens is 414 g/mol. The third-order valence-corrected chi connectivity index (χ3v) is 8.06. The zero-order valence-electron chi connectivity index (χ0n) is 18.3. The number of H-pyrrole nitrogens is 1. The minimum Gasteiger partial charge on any atom is -0.342 e. The van der Waals surface area contributed by atoms with Crippen LogP contribution >= 0.6 is 0 Å². The largest absolute Gasteiger partial charge is 0.342 e. The second-order valence-corrected chi connectivity index (χ2v) is 10.8. The number of rotatable bonds is 6.